The second kappa shape index (κ2) is 7.96. The van der Waals surface area contributed by atoms with Gasteiger partial charge in [0, 0.05) is 6.04 Å². The molecule has 0 aliphatic carbocycles. The van der Waals surface area contributed by atoms with Gasteiger partial charge in [0.25, 0.3) is 0 Å². The van der Waals surface area contributed by atoms with Gasteiger partial charge in [0.2, 0.25) is 0 Å². The summed E-state index contributed by atoms with van der Waals surface area (Å²) in [6.07, 6.45) is 3.43. The first-order valence-corrected chi connectivity index (χ1v) is 5.81. The zero-order valence-electron chi connectivity index (χ0n) is 10.2. The molecule has 0 spiro atoms. The number of carbonyl (C=O) groups is 2. The smallest absolute Gasteiger partial charge is 0.326 e. The number of hydrogen-bond donors (Lipinski definition) is 3. The van der Waals surface area contributed by atoms with Crippen molar-refractivity contribution in [2.75, 3.05) is 0 Å². The van der Waals surface area contributed by atoms with Crippen molar-refractivity contribution in [1.29, 1.82) is 0 Å². The van der Waals surface area contributed by atoms with Crippen molar-refractivity contribution in [3.8, 4) is 0 Å². The van der Waals surface area contributed by atoms with Crippen molar-refractivity contribution < 1.29 is 14.7 Å². The van der Waals surface area contributed by atoms with E-state index >= 15 is 0 Å². The molecule has 0 aliphatic heterocycles. The Bertz CT molecular complexity index is 231. The van der Waals surface area contributed by atoms with Crippen LogP contribution in [0, 0.1) is 0 Å². The average molecular weight is 230 g/mol. The molecule has 0 aromatic heterocycles. The van der Waals surface area contributed by atoms with Gasteiger partial charge in [-0.1, -0.05) is 26.7 Å². The third-order valence-electron chi connectivity index (χ3n) is 2.38. The fourth-order valence-electron chi connectivity index (χ4n) is 1.34. The van der Waals surface area contributed by atoms with Gasteiger partial charge in [-0.25, -0.2) is 9.59 Å². The number of hydrogen-bond acceptors (Lipinski definition) is 2. The molecule has 16 heavy (non-hydrogen) atoms. The van der Waals surface area contributed by atoms with Gasteiger partial charge >= 0.3 is 12.0 Å². The molecular weight excluding hydrogens is 208 g/mol. The molecule has 0 bridgehead atoms. The van der Waals surface area contributed by atoms with Crippen LogP contribution < -0.4 is 10.6 Å². The third-order valence-corrected chi connectivity index (χ3v) is 2.38. The van der Waals surface area contributed by atoms with Crippen molar-refractivity contribution in [2.24, 2.45) is 0 Å². The lowest BCUT2D eigenvalue weighted by Crippen LogP contribution is -2.48. The molecule has 0 radical (unpaired) electrons. The summed E-state index contributed by atoms with van der Waals surface area (Å²) < 4.78 is 0. The van der Waals surface area contributed by atoms with Gasteiger partial charge in [-0.15, -0.1) is 0 Å². The number of rotatable bonds is 7. The first kappa shape index (κ1) is 14.7. The van der Waals surface area contributed by atoms with Gasteiger partial charge in [0.15, 0.2) is 0 Å². The quantitative estimate of drug-likeness (QED) is 0.623. The van der Waals surface area contributed by atoms with Crippen LogP contribution in [0.4, 0.5) is 4.79 Å². The van der Waals surface area contributed by atoms with Crippen LogP contribution >= 0.6 is 0 Å². The Morgan fingerprint density at radius 3 is 2.31 bits per heavy atom. The Morgan fingerprint density at radius 1 is 1.25 bits per heavy atom. The summed E-state index contributed by atoms with van der Waals surface area (Å²) in [6, 6.07) is -1.14. The van der Waals surface area contributed by atoms with E-state index in [2.05, 4.69) is 17.6 Å². The number of nitrogens with one attached hydrogen (secondary N) is 2. The average Bonchev–Trinajstić information content (AvgIpc) is 2.22. The maximum Gasteiger partial charge on any atom is 0.326 e. The van der Waals surface area contributed by atoms with E-state index < -0.39 is 18.0 Å². The minimum atomic E-state index is -1.00. The van der Waals surface area contributed by atoms with Crippen molar-refractivity contribution in [3.63, 3.8) is 0 Å². The Morgan fingerprint density at radius 2 is 1.88 bits per heavy atom. The predicted octanol–water partition coefficient (Wildman–Crippen LogP) is 1.73. The highest BCUT2D eigenvalue weighted by molar-refractivity contribution is 5.82. The summed E-state index contributed by atoms with van der Waals surface area (Å²) in [4.78, 5) is 22.1. The molecule has 3 N–H and O–H groups in total. The molecule has 1 unspecified atom stereocenters. The van der Waals surface area contributed by atoms with Crippen molar-refractivity contribution in [2.45, 2.75) is 58.5 Å². The highest BCUT2D eigenvalue weighted by Crippen LogP contribution is 1.99. The van der Waals surface area contributed by atoms with Crippen LogP contribution in [-0.2, 0) is 4.79 Å². The topological polar surface area (TPSA) is 78.4 Å². The maximum atomic E-state index is 11.4. The Hall–Kier alpha value is -1.26. The zero-order valence-corrected chi connectivity index (χ0v) is 10.2. The van der Waals surface area contributed by atoms with Gasteiger partial charge in [0.05, 0.1) is 0 Å². The Kier molecular flexibility index (Phi) is 7.33. The Labute approximate surface area is 96.6 Å². The summed E-state index contributed by atoms with van der Waals surface area (Å²) in [6.45, 7) is 5.72. The molecule has 0 aromatic rings. The number of aliphatic carboxylic acids is 1. The maximum absolute atomic E-state index is 11.4. The molecular formula is C11H22N2O3. The van der Waals surface area contributed by atoms with Gasteiger partial charge in [-0.05, 0) is 19.8 Å². The molecule has 0 fully saturated rings. The number of amides is 2. The summed E-state index contributed by atoms with van der Waals surface area (Å²) in [5.74, 6) is -1.00. The van der Waals surface area contributed by atoms with Gasteiger partial charge in [0.1, 0.15) is 6.04 Å². The summed E-state index contributed by atoms with van der Waals surface area (Å²) in [5, 5.41) is 13.9. The minimum absolute atomic E-state index is 0.0752. The van der Waals surface area contributed by atoms with E-state index in [0.717, 1.165) is 19.3 Å². The molecule has 0 aromatic carbocycles. The summed E-state index contributed by atoms with van der Waals surface area (Å²) in [7, 11) is 0. The molecule has 2 amide bonds. The van der Waals surface area contributed by atoms with E-state index in [1.54, 1.807) is 6.92 Å². The normalized spacial score (nSPS) is 13.9. The number of carboxylic acids is 1. The number of unbranched alkanes of at least 4 members (excludes halogenated alkanes) is 1. The van der Waals surface area contributed by atoms with E-state index in [1.807, 2.05) is 6.92 Å². The number of carboxylic acid groups (broad SMARTS) is 1. The van der Waals surface area contributed by atoms with Crippen LogP contribution in [-0.4, -0.2) is 29.2 Å². The van der Waals surface area contributed by atoms with E-state index in [-0.39, 0.29) is 6.04 Å². The van der Waals surface area contributed by atoms with Crippen LogP contribution in [0.2, 0.25) is 0 Å². The lowest BCUT2D eigenvalue weighted by atomic mass is 10.1. The van der Waals surface area contributed by atoms with E-state index in [9.17, 15) is 9.59 Å². The first-order valence-electron chi connectivity index (χ1n) is 5.81. The molecule has 0 saturated heterocycles. The van der Waals surface area contributed by atoms with Crippen molar-refractivity contribution in [1.82, 2.24) is 10.6 Å². The van der Waals surface area contributed by atoms with Crippen LogP contribution in [0.1, 0.15) is 46.5 Å². The fourth-order valence-corrected chi connectivity index (χ4v) is 1.34. The largest absolute Gasteiger partial charge is 0.480 e. The lowest BCUT2D eigenvalue weighted by molar-refractivity contribution is -0.139. The molecule has 0 heterocycles. The zero-order chi connectivity index (χ0) is 12.6. The molecule has 0 saturated carbocycles. The molecule has 2 atom stereocenters. The molecule has 0 aliphatic rings. The minimum Gasteiger partial charge on any atom is -0.480 e. The third kappa shape index (κ3) is 6.27. The first-order chi connectivity index (χ1) is 7.51. The highest BCUT2D eigenvalue weighted by atomic mass is 16.4. The van der Waals surface area contributed by atoms with Crippen LogP contribution in [0.15, 0.2) is 0 Å². The fraction of sp³-hybridized carbons (Fsp3) is 0.818. The van der Waals surface area contributed by atoms with Crippen LogP contribution in [0.3, 0.4) is 0 Å². The van der Waals surface area contributed by atoms with E-state index in [0.29, 0.717) is 6.42 Å². The SMILES string of the molecule is CCCCC(C)NC(=O)N[C@@H](CC)C(=O)O. The number of carbonyl (C=O) groups excluding carboxylic acids is 1. The van der Waals surface area contributed by atoms with E-state index in [4.69, 9.17) is 5.11 Å². The standard InChI is InChI=1S/C11H22N2O3/c1-4-6-7-8(3)12-11(16)13-9(5-2)10(14)15/h8-9H,4-7H2,1-3H3,(H,14,15)(H2,12,13,16)/t8?,9-/m0/s1. The highest BCUT2D eigenvalue weighted by Gasteiger charge is 2.17. The summed E-state index contributed by atoms with van der Waals surface area (Å²) in [5.41, 5.74) is 0. The second-order valence-corrected chi connectivity index (χ2v) is 3.96. The van der Waals surface area contributed by atoms with Crippen molar-refractivity contribution in [3.05, 3.63) is 0 Å². The summed E-state index contributed by atoms with van der Waals surface area (Å²) >= 11 is 0. The molecule has 5 nitrogen and oxygen atoms in total. The molecule has 0 rings (SSSR count). The Balaban J connectivity index is 3.92. The second-order valence-electron chi connectivity index (χ2n) is 3.96. The van der Waals surface area contributed by atoms with Gasteiger partial charge < -0.3 is 15.7 Å². The molecule has 94 valence electrons. The van der Waals surface area contributed by atoms with Gasteiger partial charge in [-0.2, -0.15) is 0 Å². The van der Waals surface area contributed by atoms with Crippen molar-refractivity contribution >= 4 is 12.0 Å². The number of urea groups is 1. The van der Waals surface area contributed by atoms with Crippen LogP contribution in [0.5, 0.6) is 0 Å². The predicted molar refractivity (Wildman–Crippen MR) is 62.4 cm³/mol. The van der Waals surface area contributed by atoms with Gasteiger partial charge in [-0.3, -0.25) is 0 Å². The lowest BCUT2D eigenvalue weighted by Gasteiger charge is -2.17. The van der Waals surface area contributed by atoms with E-state index in [1.165, 1.54) is 0 Å². The monoisotopic (exact) mass is 230 g/mol. The van der Waals surface area contributed by atoms with Crippen LogP contribution in [0.25, 0.3) is 0 Å². The molecule has 5 heteroatoms.